The maximum absolute atomic E-state index is 15.0. The van der Waals surface area contributed by atoms with Crippen LogP contribution in [-0.4, -0.2) is 47.9 Å². The number of fused-ring (bicyclic) bond motifs is 2. The molecule has 9 nitrogen and oxygen atoms in total. The first kappa shape index (κ1) is 24.7. The number of carbonyl (C=O) groups is 1. The number of amides is 1. The van der Waals surface area contributed by atoms with E-state index in [0.717, 1.165) is 17.5 Å². The minimum absolute atomic E-state index is 0.0320. The Morgan fingerprint density at radius 3 is 2.62 bits per heavy atom. The van der Waals surface area contributed by atoms with Gasteiger partial charge in [0.25, 0.3) is 0 Å². The number of imidazole rings is 1. The molecule has 1 aliphatic rings. The molecule has 0 unspecified atom stereocenters. The van der Waals surface area contributed by atoms with Crippen molar-refractivity contribution in [3.8, 4) is 11.3 Å². The monoisotopic (exact) mass is 506 g/mol. The van der Waals surface area contributed by atoms with Gasteiger partial charge in [-0.1, -0.05) is 6.07 Å². The predicted octanol–water partition coefficient (Wildman–Crippen LogP) is 4.03. The number of hydrogen-bond donors (Lipinski definition) is 2. The second-order valence-electron chi connectivity index (χ2n) is 9.56. The van der Waals surface area contributed by atoms with Crippen LogP contribution in [0.2, 0.25) is 0 Å². The molecule has 0 saturated carbocycles. The number of nitrogens with one attached hydrogen (secondary N) is 1. The molecule has 1 aromatic carbocycles. The van der Waals surface area contributed by atoms with Gasteiger partial charge in [0.1, 0.15) is 22.9 Å². The average molecular weight is 507 g/mol. The molecule has 0 radical (unpaired) electrons. The highest BCUT2D eigenvalue weighted by molar-refractivity contribution is 5.83. The molecule has 0 aliphatic carbocycles. The zero-order valence-corrected chi connectivity index (χ0v) is 21.1. The van der Waals surface area contributed by atoms with Crippen LogP contribution in [-0.2, 0) is 17.8 Å². The van der Waals surface area contributed by atoms with Crippen molar-refractivity contribution in [2.75, 3.05) is 11.9 Å². The smallest absolute Gasteiger partial charge is 0.239 e. The Labute approximate surface area is 212 Å². The molecule has 0 bridgehead atoms. The van der Waals surface area contributed by atoms with E-state index in [4.69, 9.17) is 5.73 Å². The van der Waals surface area contributed by atoms with Gasteiger partial charge in [0.05, 0.1) is 17.8 Å². The number of rotatable bonds is 5. The van der Waals surface area contributed by atoms with E-state index in [1.54, 1.807) is 24.0 Å². The summed E-state index contributed by atoms with van der Waals surface area (Å²) >= 11 is 0. The van der Waals surface area contributed by atoms with E-state index in [1.165, 1.54) is 6.07 Å². The Morgan fingerprint density at radius 1 is 1.11 bits per heavy atom. The molecule has 1 aliphatic heterocycles. The SMILES string of the molecule is Cc1nc2c(F)cc(-c3nc(Nc4ccc5c(n4)CCN(C(=O)[C@@H](C)N)C5)ncc3F)cc2n1C(C)C. The molecule has 0 fully saturated rings. The number of aryl methyl sites for hydroxylation is 1. The molecule has 3 N–H and O–H groups in total. The fourth-order valence-electron chi connectivity index (χ4n) is 4.76. The third-order valence-electron chi connectivity index (χ3n) is 6.45. The summed E-state index contributed by atoms with van der Waals surface area (Å²) in [5.41, 5.74) is 8.59. The number of nitrogens with zero attached hydrogens (tertiary/aromatic N) is 6. The lowest BCUT2D eigenvalue weighted by Crippen LogP contribution is -2.44. The van der Waals surface area contributed by atoms with Crippen molar-refractivity contribution in [1.29, 1.82) is 0 Å². The van der Waals surface area contributed by atoms with E-state index in [9.17, 15) is 13.6 Å². The van der Waals surface area contributed by atoms with Crippen molar-refractivity contribution in [2.45, 2.75) is 52.7 Å². The van der Waals surface area contributed by atoms with Crippen LogP contribution in [0.4, 0.5) is 20.5 Å². The number of hydrogen-bond acceptors (Lipinski definition) is 7. The van der Waals surface area contributed by atoms with E-state index < -0.39 is 17.7 Å². The lowest BCUT2D eigenvalue weighted by Gasteiger charge is -2.29. The molecule has 5 rings (SSSR count). The quantitative estimate of drug-likeness (QED) is 0.420. The normalized spacial score (nSPS) is 14.2. The summed E-state index contributed by atoms with van der Waals surface area (Å²) in [6.45, 7) is 8.41. The van der Waals surface area contributed by atoms with Gasteiger partial charge < -0.3 is 20.5 Å². The van der Waals surface area contributed by atoms with Gasteiger partial charge >= 0.3 is 0 Å². The predicted molar refractivity (Wildman–Crippen MR) is 136 cm³/mol. The molecular formula is C26H28F2N8O. The van der Waals surface area contributed by atoms with E-state index >= 15 is 0 Å². The van der Waals surface area contributed by atoms with Crippen molar-refractivity contribution in [3.63, 3.8) is 0 Å². The number of carbonyl (C=O) groups excluding carboxylic acids is 1. The van der Waals surface area contributed by atoms with Crippen molar-refractivity contribution < 1.29 is 13.6 Å². The van der Waals surface area contributed by atoms with Crippen molar-refractivity contribution >= 4 is 28.7 Å². The van der Waals surface area contributed by atoms with Crippen molar-refractivity contribution in [1.82, 2.24) is 29.4 Å². The molecular weight excluding hydrogens is 478 g/mol. The van der Waals surface area contributed by atoms with Gasteiger partial charge in [-0.15, -0.1) is 0 Å². The largest absolute Gasteiger partial charge is 0.337 e. The second-order valence-corrected chi connectivity index (χ2v) is 9.56. The van der Waals surface area contributed by atoms with E-state index in [0.29, 0.717) is 36.7 Å². The molecule has 0 saturated heterocycles. The molecule has 37 heavy (non-hydrogen) atoms. The van der Waals surface area contributed by atoms with Gasteiger partial charge in [-0.3, -0.25) is 4.79 Å². The number of halogens is 2. The summed E-state index contributed by atoms with van der Waals surface area (Å²) in [7, 11) is 0. The van der Waals surface area contributed by atoms with Gasteiger partial charge in [0, 0.05) is 36.8 Å². The summed E-state index contributed by atoms with van der Waals surface area (Å²) in [5.74, 6) is -0.0263. The molecule has 1 atom stereocenters. The Kier molecular flexibility index (Phi) is 6.32. The molecule has 4 aromatic rings. The van der Waals surface area contributed by atoms with Gasteiger partial charge in [0.2, 0.25) is 11.9 Å². The number of anilines is 2. The Balaban J connectivity index is 1.44. The Hall–Kier alpha value is -3.99. The summed E-state index contributed by atoms with van der Waals surface area (Å²) < 4.78 is 31.7. The fourth-order valence-corrected chi connectivity index (χ4v) is 4.76. The number of pyridine rings is 1. The van der Waals surface area contributed by atoms with Crippen LogP contribution in [0.5, 0.6) is 0 Å². The summed E-state index contributed by atoms with van der Waals surface area (Å²) in [6.07, 6.45) is 1.63. The van der Waals surface area contributed by atoms with Gasteiger partial charge in [-0.05, 0) is 51.5 Å². The zero-order valence-electron chi connectivity index (χ0n) is 21.1. The minimum atomic E-state index is -0.672. The van der Waals surface area contributed by atoms with Crippen LogP contribution >= 0.6 is 0 Å². The first-order valence-corrected chi connectivity index (χ1v) is 12.1. The maximum Gasteiger partial charge on any atom is 0.239 e. The lowest BCUT2D eigenvalue weighted by molar-refractivity contribution is -0.133. The van der Waals surface area contributed by atoms with Gasteiger partial charge in [0.15, 0.2) is 11.6 Å². The van der Waals surface area contributed by atoms with Crippen LogP contribution in [0.3, 0.4) is 0 Å². The molecule has 0 spiro atoms. The maximum atomic E-state index is 15.0. The molecule has 192 valence electrons. The van der Waals surface area contributed by atoms with Crippen LogP contribution in [0.25, 0.3) is 22.3 Å². The number of nitrogens with two attached hydrogens (primary N) is 1. The molecule has 3 aromatic heterocycles. The van der Waals surface area contributed by atoms with Crippen LogP contribution in [0, 0.1) is 18.6 Å². The fraction of sp³-hybridized carbons (Fsp3) is 0.346. The molecule has 4 heterocycles. The summed E-state index contributed by atoms with van der Waals surface area (Å²) in [4.78, 5) is 31.3. The van der Waals surface area contributed by atoms with E-state index in [1.807, 2.05) is 31.4 Å². The van der Waals surface area contributed by atoms with E-state index in [-0.39, 0.29) is 34.7 Å². The van der Waals surface area contributed by atoms with Crippen LogP contribution < -0.4 is 11.1 Å². The minimum Gasteiger partial charge on any atom is -0.337 e. The highest BCUT2D eigenvalue weighted by Crippen LogP contribution is 2.30. The first-order chi connectivity index (χ1) is 17.6. The van der Waals surface area contributed by atoms with E-state index in [2.05, 4.69) is 25.3 Å². The lowest BCUT2D eigenvalue weighted by atomic mass is 10.0. The Bertz CT molecular complexity index is 1510. The summed E-state index contributed by atoms with van der Waals surface area (Å²) in [6, 6.07) is 6.06. The van der Waals surface area contributed by atoms with Crippen LogP contribution in [0.1, 0.15) is 43.9 Å². The highest BCUT2D eigenvalue weighted by atomic mass is 19.1. The number of aromatic nitrogens is 5. The topological polar surface area (TPSA) is 115 Å². The first-order valence-electron chi connectivity index (χ1n) is 12.1. The van der Waals surface area contributed by atoms with Crippen molar-refractivity contribution in [3.05, 3.63) is 59.2 Å². The molecule has 1 amide bonds. The average Bonchev–Trinajstić information content (AvgIpc) is 3.21. The second kappa shape index (κ2) is 9.47. The standard InChI is InChI=1S/C26H28F2N8O/c1-13(2)36-15(4)31-24-18(27)9-17(10-21(24)36)23-19(28)11-30-26(34-23)33-22-6-5-16-12-35(25(37)14(3)29)8-7-20(16)32-22/h5-6,9-11,13-14H,7-8,12,29H2,1-4H3,(H,30,32,33,34)/t14-/m1/s1. The third kappa shape index (κ3) is 4.62. The van der Waals surface area contributed by atoms with Gasteiger partial charge in [-0.2, -0.15) is 0 Å². The number of benzene rings is 1. The third-order valence-corrected chi connectivity index (χ3v) is 6.45. The van der Waals surface area contributed by atoms with Gasteiger partial charge in [-0.25, -0.2) is 28.7 Å². The molecule has 11 heteroatoms. The highest BCUT2D eigenvalue weighted by Gasteiger charge is 2.24. The summed E-state index contributed by atoms with van der Waals surface area (Å²) in [5, 5.41) is 3.02. The zero-order chi connectivity index (χ0) is 26.4. The van der Waals surface area contributed by atoms with Crippen molar-refractivity contribution in [2.24, 2.45) is 5.73 Å². The Morgan fingerprint density at radius 2 is 1.89 bits per heavy atom. The van der Waals surface area contributed by atoms with Crippen LogP contribution in [0.15, 0.2) is 30.5 Å².